The van der Waals surface area contributed by atoms with Crippen LogP contribution in [-0.4, -0.2) is 22.5 Å². The van der Waals surface area contributed by atoms with Crippen LogP contribution in [0.4, 0.5) is 5.69 Å². The second-order valence-corrected chi connectivity index (χ2v) is 4.34. The van der Waals surface area contributed by atoms with E-state index in [1.165, 1.54) is 11.8 Å². The van der Waals surface area contributed by atoms with Crippen LogP contribution in [0.15, 0.2) is 17.2 Å². The van der Waals surface area contributed by atoms with Crippen LogP contribution in [0.5, 0.6) is 0 Å². The van der Waals surface area contributed by atoms with E-state index in [2.05, 4.69) is 4.98 Å². The number of aliphatic hydroxyl groups is 1. The molecule has 1 heterocycles. The molecule has 1 atom stereocenters. The van der Waals surface area contributed by atoms with Crippen LogP contribution in [-0.2, 0) is 0 Å². The third-order valence-electron chi connectivity index (χ3n) is 1.83. The van der Waals surface area contributed by atoms with Gasteiger partial charge in [-0.3, -0.25) is 0 Å². The zero-order valence-electron chi connectivity index (χ0n) is 8.47. The molecule has 4 nitrogen and oxygen atoms in total. The van der Waals surface area contributed by atoms with Crippen LogP contribution in [0, 0.1) is 17.2 Å². The highest BCUT2D eigenvalue weighted by atomic mass is 32.2. The van der Waals surface area contributed by atoms with Crippen molar-refractivity contribution in [3.05, 3.63) is 17.8 Å². The summed E-state index contributed by atoms with van der Waals surface area (Å²) in [6, 6.07) is 5.40. The number of nitriles is 1. The van der Waals surface area contributed by atoms with Crippen molar-refractivity contribution in [2.75, 3.05) is 18.1 Å². The second kappa shape index (κ2) is 5.59. The highest BCUT2D eigenvalue weighted by Gasteiger charge is 2.05. The highest BCUT2D eigenvalue weighted by molar-refractivity contribution is 7.99. The first-order valence-corrected chi connectivity index (χ1v) is 5.56. The number of rotatable bonds is 4. The first-order chi connectivity index (χ1) is 7.17. The van der Waals surface area contributed by atoms with Gasteiger partial charge in [0, 0.05) is 12.4 Å². The molecule has 15 heavy (non-hydrogen) atoms. The molecule has 0 amide bonds. The van der Waals surface area contributed by atoms with Crippen molar-refractivity contribution in [2.24, 2.45) is 5.92 Å². The fourth-order valence-electron chi connectivity index (χ4n) is 0.902. The van der Waals surface area contributed by atoms with Gasteiger partial charge in [-0.1, -0.05) is 6.92 Å². The molecular formula is C10H13N3OS. The van der Waals surface area contributed by atoms with Crippen molar-refractivity contribution < 1.29 is 5.11 Å². The minimum Gasteiger partial charge on any atom is -0.396 e. The predicted molar refractivity (Wildman–Crippen MR) is 60.3 cm³/mol. The molecule has 0 radical (unpaired) electrons. The Labute approximate surface area is 93.1 Å². The van der Waals surface area contributed by atoms with Crippen molar-refractivity contribution in [2.45, 2.75) is 11.9 Å². The van der Waals surface area contributed by atoms with E-state index in [9.17, 15) is 0 Å². The van der Waals surface area contributed by atoms with Gasteiger partial charge in [0.1, 0.15) is 6.07 Å². The lowest BCUT2D eigenvalue weighted by Gasteiger charge is -2.06. The maximum Gasteiger partial charge on any atom is 0.164 e. The number of aliphatic hydroxyl groups excluding tert-OH is 1. The summed E-state index contributed by atoms with van der Waals surface area (Å²) in [4.78, 5) is 4.09. The lowest BCUT2D eigenvalue weighted by atomic mass is 10.2. The first kappa shape index (κ1) is 11.8. The molecule has 0 bridgehead atoms. The SMILES string of the molecule is CC(CO)CSc1ccc(N)c(C#N)n1. The van der Waals surface area contributed by atoms with E-state index in [0.29, 0.717) is 5.69 Å². The van der Waals surface area contributed by atoms with Gasteiger partial charge in [0.15, 0.2) is 5.69 Å². The summed E-state index contributed by atoms with van der Waals surface area (Å²) in [5.41, 5.74) is 6.21. The summed E-state index contributed by atoms with van der Waals surface area (Å²) in [7, 11) is 0. The van der Waals surface area contributed by atoms with Gasteiger partial charge in [-0.2, -0.15) is 5.26 Å². The summed E-state index contributed by atoms with van der Waals surface area (Å²) in [5, 5.41) is 18.3. The fourth-order valence-corrected chi connectivity index (χ4v) is 1.78. The summed E-state index contributed by atoms with van der Waals surface area (Å²) in [6.45, 7) is 2.11. The molecule has 80 valence electrons. The average Bonchev–Trinajstić information content (AvgIpc) is 2.27. The quantitative estimate of drug-likeness (QED) is 0.751. The molecule has 1 aromatic heterocycles. The van der Waals surface area contributed by atoms with Crippen LogP contribution >= 0.6 is 11.8 Å². The number of nitrogens with two attached hydrogens (primary N) is 1. The van der Waals surface area contributed by atoms with Gasteiger partial charge < -0.3 is 10.8 Å². The van der Waals surface area contributed by atoms with E-state index < -0.39 is 0 Å². The number of nitrogens with zero attached hydrogens (tertiary/aromatic N) is 2. The van der Waals surface area contributed by atoms with Gasteiger partial charge in [0.25, 0.3) is 0 Å². The average molecular weight is 223 g/mol. The van der Waals surface area contributed by atoms with Crippen molar-refractivity contribution in [1.82, 2.24) is 4.98 Å². The number of thioether (sulfide) groups is 1. The number of anilines is 1. The Bertz CT molecular complexity index is 375. The van der Waals surface area contributed by atoms with Crippen LogP contribution in [0.1, 0.15) is 12.6 Å². The van der Waals surface area contributed by atoms with E-state index in [4.69, 9.17) is 16.1 Å². The molecular weight excluding hydrogens is 210 g/mol. The fraction of sp³-hybridized carbons (Fsp3) is 0.400. The molecule has 0 fully saturated rings. The minimum atomic E-state index is 0.160. The minimum absolute atomic E-state index is 0.160. The Balaban J connectivity index is 2.67. The molecule has 0 aliphatic carbocycles. The summed E-state index contributed by atoms with van der Waals surface area (Å²) >= 11 is 1.51. The van der Waals surface area contributed by atoms with Crippen LogP contribution in [0.2, 0.25) is 0 Å². The molecule has 0 saturated carbocycles. The topological polar surface area (TPSA) is 82.9 Å². The van der Waals surface area contributed by atoms with Crippen molar-refractivity contribution in [1.29, 1.82) is 5.26 Å². The summed E-state index contributed by atoms with van der Waals surface area (Å²) in [6.07, 6.45) is 0. The predicted octanol–water partition coefficient (Wildman–Crippen LogP) is 1.26. The molecule has 0 saturated heterocycles. The standard InChI is InChI=1S/C10H13N3OS/c1-7(5-14)6-15-10-3-2-8(12)9(4-11)13-10/h2-3,7,14H,5-6,12H2,1H3. The van der Waals surface area contributed by atoms with Gasteiger partial charge in [-0.25, -0.2) is 4.98 Å². The molecule has 5 heteroatoms. The van der Waals surface area contributed by atoms with E-state index in [1.807, 2.05) is 13.0 Å². The molecule has 1 rings (SSSR count). The molecule has 0 aromatic carbocycles. The lowest BCUT2D eigenvalue weighted by molar-refractivity contribution is 0.250. The van der Waals surface area contributed by atoms with E-state index in [-0.39, 0.29) is 18.2 Å². The number of hydrogen-bond donors (Lipinski definition) is 2. The molecule has 0 spiro atoms. The second-order valence-electron chi connectivity index (χ2n) is 3.30. The first-order valence-electron chi connectivity index (χ1n) is 4.57. The van der Waals surface area contributed by atoms with Gasteiger partial charge in [0.05, 0.1) is 10.7 Å². The Morgan fingerprint density at radius 1 is 1.67 bits per heavy atom. The molecule has 0 aliphatic rings. The normalized spacial score (nSPS) is 12.1. The van der Waals surface area contributed by atoms with E-state index >= 15 is 0 Å². The van der Waals surface area contributed by atoms with Gasteiger partial charge >= 0.3 is 0 Å². The summed E-state index contributed by atoms with van der Waals surface area (Å²) < 4.78 is 0. The Kier molecular flexibility index (Phi) is 4.40. The largest absolute Gasteiger partial charge is 0.396 e. The van der Waals surface area contributed by atoms with Gasteiger partial charge in [0.2, 0.25) is 0 Å². The van der Waals surface area contributed by atoms with Crippen LogP contribution in [0.25, 0.3) is 0 Å². The lowest BCUT2D eigenvalue weighted by Crippen LogP contribution is -2.04. The maximum absolute atomic E-state index is 8.85. The number of nitrogen functional groups attached to an aromatic ring is 1. The Morgan fingerprint density at radius 3 is 3.00 bits per heavy atom. The third-order valence-corrected chi connectivity index (χ3v) is 3.09. The maximum atomic E-state index is 8.85. The number of hydrogen-bond acceptors (Lipinski definition) is 5. The van der Waals surface area contributed by atoms with E-state index in [1.54, 1.807) is 12.1 Å². The highest BCUT2D eigenvalue weighted by Crippen LogP contribution is 2.20. The van der Waals surface area contributed by atoms with Gasteiger partial charge in [-0.15, -0.1) is 11.8 Å². The van der Waals surface area contributed by atoms with Crippen LogP contribution in [0.3, 0.4) is 0 Å². The molecule has 1 unspecified atom stereocenters. The third kappa shape index (κ3) is 3.42. The molecule has 3 N–H and O–H groups in total. The Hall–Kier alpha value is -1.25. The smallest absolute Gasteiger partial charge is 0.164 e. The monoisotopic (exact) mass is 223 g/mol. The molecule has 0 aliphatic heterocycles. The van der Waals surface area contributed by atoms with Crippen molar-refractivity contribution in [3.8, 4) is 6.07 Å². The number of aromatic nitrogens is 1. The van der Waals surface area contributed by atoms with Crippen LogP contribution < -0.4 is 5.73 Å². The van der Waals surface area contributed by atoms with Crippen molar-refractivity contribution in [3.63, 3.8) is 0 Å². The zero-order valence-corrected chi connectivity index (χ0v) is 9.29. The van der Waals surface area contributed by atoms with Gasteiger partial charge in [-0.05, 0) is 18.1 Å². The van der Waals surface area contributed by atoms with Crippen molar-refractivity contribution >= 4 is 17.4 Å². The molecule has 1 aromatic rings. The number of pyridine rings is 1. The van der Waals surface area contributed by atoms with E-state index in [0.717, 1.165) is 10.8 Å². The summed E-state index contributed by atoms with van der Waals surface area (Å²) in [5.74, 6) is 0.998. The zero-order chi connectivity index (χ0) is 11.3. The Morgan fingerprint density at radius 2 is 2.40 bits per heavy atom.